The topological polar surface area (TPSA) is 69.5 Å². The second kappa shape index (κ2) is 8.67. The van der Waals surface area contributed by atoms with Crippen LogP contribution in [0.5, 0.6) is 0 Å². The Bertz CT molecular complexity index is 1270. The molecule has 0 saturated carbocycles. The lowest BCUT2D eigenvalue weighted by Crippen LogP contribution is -2.36. The van der Waals surface area contributed by atoms with E-state index in [4.69, 9.17) is 0 Å². The van der Waals surface area contributed by atoms with Gasteiger partial charge in [-0.1, -0.05) is 13.8 Å². The van der Waals surface area contributed by atoms with Crippen LogP contribution in [-0.2, 0) is 0 Å². The Kier molecular flexibility index (Phi) is 6.09. The number of aromatic amines is 1. The summed E-state index contributed by atoms with van der Waals surface area (Å²) in [7, 11) is 6.02. The number of carbonyl (C=O) groups excluding carboxylic acids is 1. The van der Waals surface area contributed by atoms with E-state index in [1.165, 1.54) is 5.56 Å². The van der Waals surface area contributed by atoms with Crippen LogP contribution in [0, 0.1) is 6.92 Å². The lowest BCUT2D eigenvalue weighted by molar-refractivity contribution is 0.0736. The molecular weight excluding hydrogens is 420 g/mol. The van der Waals surface area contributed by atoms with Crippen molar-refractivity contribution in [1.82, 2.24) is 29.4 Å². The number of nitrogens with one attached hydrogen (secondary N) is 1. The molecule has 0 saturated heterocycles. The SMILES string of the molecule is Cc1cc(-c2[nH]c3cc(C(=O)N(C)C(C)CCN(C)C)sc3c2C(C)C)cn2ncnc12.[HH]. The summed E-state index contributed by atoms with van der Waals surface area (Å²) in [4.78, 5) is 25.9. The Hall–Kier alpha value is -2.71. The molecule has 0 aromatic carbocycles. The summed E-state index contributed by atoms with van der Waals surface area (Å²) in [6, 6.07) is 4.34. The number of rotatable bonds is 7. The smallest absolute Gasteiger partial charge is 0.264 e. The fourth-order valence-electron chi connectivity index (χ4n) is 4.13. The molecule has 7 nitrogen and oxygen atoms in total. The number of pyridine rings is 1. The number of amides is 1. The van der Waals surface area contributed by atoms with Crippen LogP contribution >= 0.6 is 11.3 Å². The predicted octanol–water partition coefficient (Wildman–Crippen LogP) is 5.03. The highest BCUT2D eigenvalue weighted by atomic mass is 32.1. The molecule has 0 fully saturated rings. The number of hydrogen-bond acceptors (Lipinski definition) is 5. The summed E-state index contributed by atoms with van der Waals surface area (Å²) < 4.78 is 2.98. The van der Waals surface area contributed by atoms with Gasteiger partial charge in [0.15, 0.2) is 5.65 Å². The van der Waals surface area contributed by atoms with Crippen LogP contribution in [0.1, 0.15) is 55.3 Å². The van der Waals surface area contributed by atoms with Crippen molar-refractivity contribution in [2.75, 3.05) is 27.7 Å². The minimum Gasteiger partial charge on any atom is -0.354 e. The second-order valence-corrected chi connectivity index (χ2v) is 10.3. The van der Waals surface area contributed by atoms with Gasteiger partial charge in [-0.2, -0.15) is 5.10 Å². The minimum atomic E-state index is 0. The number of aryl methyl sites for hydroxylation is 1. The Labute approximate surface area is 194 Å². The van der Waals surface area contributed by atoms with Crippen LogP contribution in [0.3, 0.4) is 0 Å². The fourth-order valence-corrected chi connectivity index (χ4v) is 5.42. The molecule has 8 heteroatoms. The molecule has 1 N–H and O–H groups in total. The molecule has 1 atom stereocenters. The van der Waals surface area contributed by atoms with E-state index in [1.54, 1.807) is 17.7 Å². The van der Waals surface area contributed by atoms with E-state index >= 15 is 0 Å². The van der Waals surface area contributed by atoms with Crippen LogP contribution in [0.2, 0.25) is 0 Å². The molecule has 0 radical (unpaired) electrons. The number of hydrogen-bond donors (Lipinski definition) is 1. The summed E-state index contributed by atoms with van der Waals surface area (Å²) in [5.41, 5.74) is 6.38. The van der Waals surface area contributed by atoms with Gasteiger partial charge in [0.2, 0.25) is 0 Å². The van der Waals surface area contributed by atoms with Crippen LogP contribution in [-0.4, -0.2) is 69.0 Å². The van der Waals surface area contributed by atoms with E-state index in [2.05, 4.69) is 67.8 Å². The van der Waals surface area contributed by atoms with Crippen LogP contribution in [0.4, 0.5) is 0 Å². The molecule has 1 amide bonds. The van der Waals surface area contributed by atoms with Crippen molar-refractivity contribution < 1.29 is 6.22 Å². The Balaban J connectivity index is 0.00000306. The first-order valence-corrected chi connectivity index (χ1v) is 11.9. The van der Waals surface area contributed by atoms with Gasteiger partial charge < -0.3 is 14.8 Å². The Morgan fingerprint density at radius 3 is 2.69 bits per heavy atom. The first-order valence-electron chi connectivity index (χ1n) is 11.0. The van der Waals surface area contributed by atoms with Gasteiger partial charge in [0, 0.05) is 26.3 Å². The second-order valence-electron chi connectivity index (χ2n) is 9.22. The van der Waals surface area contributed by atoms with Crippen molar-refractivity contribution in [2.45, 2.75) is 46.1 Å². The highest BCUT2D eigenvalue weighted by Crippen LogP contribution is 2.40. The molecule has 0 bridgehead atoms. The van der Waals surface area contributed by atoms with E-state index < -0.39 is 0 Å². The van der Waals surface area contributed by atoms with E-state index in [0.29, 0.717) is 5.92 Å². The fraction of sp³-hybridized carbons (Fsp3) is 0.458. The molecule has 4 heterocycles. The molecule has 4 rings (SSSR count). The largest absolute Gasteiger partial charge is 0.354 e. The number of fused-ring (bicyclic) bond motifs is 2. The summed E-state index contributed by atoms with van der Waals surface area (Å²) >= 11 is 1.59. The maximum Gasteiger partial charge on any atom is 0.264 e. The van der Waals surface area contributed by atoms with Gasteiger partial charge in [0.05, 0.1) is 20.8 Å². The normalized spacial score (nSPS) is 13.0. The average Bonchev–Trinajstić information content (AvgIpc) is 3.44. The molecule has 4 aromatic heterocycles. The van der Waals surface area contributed by atoms with Gasteiger partial charge in [-0.05, 0) is 70.1 Å². The number of thiophene rings is 1. The van der Waals surface area contributed by atoms with E-state index in [1.807, 2.05) is 28.7 Å². The van der Waals surface area contributed by atoms with Crippen molar-refractivity contribution in [3.8, 4) is 11.3 Å². The first-order chi connectivity index (χ1) is 15.2. The summed E-state index contributed by atoms with van der Waals surface area (Å²) in [5, 5.41) is 4.32. The van der Waals surface area contributed by atoms with Gasteiger partial charge in [0.1, 0.15) is 6.33 Å². The Morgan fingerprint density at radius 2 is 2.00 bits per heavy atom. The summed E-state index contributed by atoms with van der Waals surface area (Å²) in [6.45, 7) is 9.52. The van der Waals surface area contributed by atoms with Crippen molar-refractivity contribution >= 4 is 33.1 Å². The predicted molar refractivity (Wildman–Crippen MR) is 134 cm³/mol. The molecule has 0 aliphatic rings. The third-order valence-electron chi connectivity index (χ3n) is 6.12. The summed E-state index contributed by atoms with van der Waals surface area (Å²) in [5.74, 6) is 0.394. The molecule has 32 heavy (non-hydrogen) atoms. The molecular formula is C24H34N6OS. The number of H-pyrrole nitrogens is 1. The zero-order valence-corrected chi connectivity index (χ0v) is 20.7. The van der Waals surface area contributed by atoms with Gasteiger partial charge in [-0.25, -0.2) is 9.50 Å². The van der Waals surface area contributed by atoms with E-state index in [0.717, 1.165) is 50.5 Å². The van der Waals surface area contributed by atoms with Crippen LogP contribution in [0.25, 0.3) is 27.1 Å². The Morgan fingerprint density at radius 1 is 1.25 bits per heavy atom. The van der Waals surface area contributed by atoms with Gasteiger partial charge in [-0.3, -0.25) is 4.79 Å². The highest BCUT2D eigenvalue weighted by Gasteiger charge is 2.24. The standard InChI is InChI=1S/C24H32N6OS.H2/c1-14(2)20-21(17-10-15(3)23-25-13-26-30(23)12-17)27-18-11-19(32-22(18)20)24(31)29(7)16(4)8-9-28(5)6;/h10-14,16,27H,8-9H2,1-7H3;1H. The third kappa shape index (κ3) is 4.04. The number of carbonyl (C=O) groups is 1. The van der Waals surface area contributed by atoms with Gasteiger partial charge in [0.25, 0.3) is 5.91 Å². The first kappa shape index (κ1) is 22.5. The van der Waals surface area contributed by atoms with Crippen LogP contribution < -0.4 is 0 Å². The van der Waals surface area contributed by atoms with Crippen molar-refractivity contribution in [1.29, 1.82) is 0 Å². The molecule has 172 valence electrons. The molecule has 1 unspecified atom stereocenters. The highest BCUT2D eigenvalue weighted by molar-refractivity contribution is 7.21. The molecule has 0 spiro atoms. The quantitative estimate of drug-likeness (QED) is 0.425. The zero-order valence-electron chi connectivity index (χ0n) is 19.9. The van der Waals surface area contributed by atoms with Crippen LogP contribution in [0.15, 0.2) is 24.7 Å². The summed E-state index contributed by atoms with van der Waals surface area (Å²) in [6.07, 6.45) is 4.55. The number of aromatic nitrogens is 4. The van der Waals surface area contributed by atoms with E-state index in [-0.39, 0.29) is 13.4 Å². The van der Waals surface area contributed by atoms with Crippen molar-refractivity contribution in [3.63, 3.8) is 0 Å². The van der Waals surface area contributed by atoms with Gasteiger partial charge in [-0.15, -0.1) is 11.3 Å². The molecule has 4 aromatic rings. The maximum absolute atomic E-state index is 13.2. The van der Waals surface area contributed by atoms with Gasteiger partial charge >= 0.3 is 0 Å². The third-order valence-corrected chi connectivity index (χ3v) is 7.27. The zero-order chi connectivity index (χ0) is 23.2. The van der Waals surface area contributed by atoms with Crippen molar-refractivity contribution in [2.24, 2.45) is 0 Å². The van der Waals surface area contributed by atoms with Crippen molar-refractivity contribution in [3.05, 3.63) is 40.7 Å². The minimum absolute atomic E-state index is 0. The average molecular weight is 455 g/mol. The number of nitrogens with zero attached hydrogens (tertiary/aromatic N) is 5. The monoisotopic (exact) mass is 454 g/mol. The molecule has 0 aliphatic heterocycles. The lowest BCUT2D eigenvalue weighted by Gasteiger charge is -2.25. The maximum atomic E-state index is 13.2. The lowest BCUT2D eigenvalue weighted by atomic mass is 9.99. The van der Waals surface area contributed by atoms with E-state index in [9.17, 15) is 4.79 Å². The molecule has 0 aliphatic carbocycles.